The van der Waals surface area contributed by atoms with Crippen molar-refractivity contribution in [3.05, 3.63) is 27.7 Å². The second kappa shape index (κ2) is 3.78. The lowest BCUT2D eigenvalue weighted by Crippen LogP contribution is -2.10. The minimum atomic E-state index is -4.49. The molecule has 6 heteroatoms. The largest absolute Gasteiger partial charge is 0.418 e. The number of nitrogen functional groups attached to an aromatic ring is 1. The third-order valence-corrected chi connectivity index (χ3v) is 2.43. The van der Waals surface area contributed by atoms with Crippen molar-refractivity contribution in [1.29, 1.82) is 0 Å². The van der Waals surface area contributed by atoms with E-state index in [0.29, 0.717) is 4.47 Å². The summed E-state index contributed by atoms with van der Waals surface area (Å²) in [5.41, 5.74) is 4.07. The van der Waals surface area contributed by atoms with Gasteiger partial charge in [-0.1, -0.05) is 15.9 Å². The molecule has 1 rings (SSSR count). The van der Waals surface area contributed by atoms with E-state index in [9.17, 15) is 13.2 Å². The maximum Gasteiger partial charge on any atom is 0.418 e. The maximum absolute atomic E-state index is 12.3. The zero-order valence-electron chi connectivity index (χ0n) is 6.90. The molecule has 78 valence electrons. The molecule has 0 bridgehead atoms. The summed E-state index contributed by atoms with van der Waals surface area (Å²) < 4.78 is 37.3. The third-order valence-electron chi connectivity index (χ3n) is 1.69. The van der Waals surface area contributed by atoms with E-state index in [0.717, 1.165) is 12.1 Å². The average molecular weight is 270 g/mol. The molecular formula is C8H7BrF3NO. The maximum atomic E-state index is 12.3. The molecule has 0 aliphatic rings. The number of alkyl halides is 3. The van der Waals surface area contributed by atoms with Crippen molar-refractivity contribution in [3.63, 3.8) is 0 Å². The van der Waals surface area contributed by atoms with Gasteiger partial charge in [0.05, 0.1) is 12.2 Å². The van der Waals surface area contributed by atoms with Gasteiger partial charge in [0, 0.05) is 10.2 Å². The zero-order chi connectivity index (χ0) is 10.9. The Morgan fingerprint density at radius 1 is 1.36 bits per heavy atom. The highest BCUT2D eigenvalue weighted by molar-refractivity contribution is 9.10. The molecule has 0 heterocycles. The van der Waals surface area contributed by atoms with Gasteiger partial charge in [0.15, 0.2) is 0 Å². The van der Waals surface area contributed by atoms with Gasteiger partial charge in [0.25, 0.3) is 0 Å². The predicted octanol–water partition coefficient (Wildman–Crippen LogP) is 2.54. The van der Waals surface area contributed by atoms with Crippen LogP contribution in [-0.2, 0) is 12.8 Å². The first kappa shape index (κ1) is 11.3. The Labute approximate surface area is 86.7 Å². The van der Waals surface area contributed by atoms with Crippen LogP contribution in [0.4, 0.5) is 18.9 Å². The molecule has 1 aromatic carbocycles. The first-order chi connectivity index (χ1) is 6.36. The normalized spacial score (nSPS) is 11.8. The minimum Gasteiger partial charge on any atom is -0.398 e. The molecule has 1 aromatic rings. The molecule has 0 aliphatic heterocycles. The third kappa shape index (κ3) is 2.19. The summed E-state index contributed by atoms with van der Waals surface area (Å²) in [7, 11) is 0. The van der Waals surface area contributed by atoms with Crippen molar-refractivity contribution in [2.75, 3.05) is 5.73 Å². The highest BCUT2D eigenvalue weighted by Crippen LogP contribution is 2.36. The van der Waals surface area contributed by atoms with E-state index in [2.05, 4.69) is 15.9 Å². The summed E-state index contributed by atoms with van der Waals surface area (Å²) in [6.45, 7) is -0.468. The molecule has 0 spiro atoms. The standard InChI is InChI=1S/C8H7BrF3NO/c9-6-2-7(13)5(8(10,11)12)1-4(6)3-14/h1-2,14H,3,13H2. The molecule has 0 unspecified atom stereocenters. The number of benzene rings is 1. The molecule has 14 heavy (non-hydrogen) atoms. The van der Waals surface area contributed by atoms with Crippen LogP contribution >= 0.6 is 15.9 Å². The fourth-order valence-corrected chi connectivity index (χ4v) is 1.49. The summed E-state index contributed by atoms with van der Waals surface area (Å²) in [5, 5.41) is 8.76. The molecule has 0 radical (unpaired) electrons. The molecular weight excluding hydrogens is 263 g/mol. The number of anilines is 1. The van der Waals surface area contributed by atoms with Gasteiger partial charge < -0.3 is 10.8 Å². The number of hydrogen-bond donors (Lipinski definition) is 2. The van der Waals surface area contributed by atoms with Crippen molar-refractivity contribution in [1.82, 2.24) is 0 Å². The lowest BCUT2D eigenvalue weighted by Gasteiger charge is -2.12. The van der Waals surface area contributed by atoms with E-state index >= 15 is 0 Å². The Morgan fingerprint density at radius 3 is 2.36 bits per heavy atom. The predicted molar refractivity (Wildman–Crippen MR) is 49.5 cm³/mol. The van der Waals surface area contributed by atoms with E-state index in [-0.39, 0.29) is 11.3 Å². The second-order valence-electron chi connectivity index (χ2n) is 2.69. The van der Waals surface area contributed by atoms with Crippen LogP contribution in [0.25, 0.3) is 0 Å². The van der Waals surface area contributed by atoms with Crippen LogP contribution in [0.2, 0.25) is 0 Å². The fraction of sp³-hybridized carbons (Fsp3) is 0.250. The van der Waals surface area contributed by atoms with E-state index in [1.165, 1.54) is 0 Å². The number of halogens is 4. The number of nitrogens with two attached hydrogens (primary N) is 1. The molecule has 0 amide bonds. The minimum absolute atomic E-state index is 0.159. The van der Waals surface area contributed by atoms with Crippen LogP contribution in [0.1, 0.15) is 11.1 Å². The molecule has 0 fully saturated rings. The van der Waals surface area contributed by atoms with Crippen molar-refractivity contribution >= 4 is 21.6 Å². The fourth-order valence-electron chi connectivity index (χ4n) is 1.00. The number of aliphatic hydroxyl groups excluding tert-OH is 1. The lowest BCUT2D eigenvalue weighted by molar-refractivity contribution is -0.137. The van der Waals surface area contributed by atoms with E-state index in [4.69, 9.17) is 10.8 Å². The van der Waals surface area contributed by atoms with Crippen molar-refractivity contribution in [3.8, 4) is 0 Å². The van der Waals surface area contributed by atoms with Crippen LogP contribution in [0, 0.1) is 0 Å². The number of aliphatic hydroxyl groups is 1. The topological polar surface area (TPSA) is 46.2 Å². The highest BCUT2D eigenvalue weighted by atomic mass is 79.9. The van der Waals surface area contributed by atoms with Crippen LogP contribution in [-0.4, -0.2) is 5.11 Å². The van der Waals surface area contributed by atoms with Gasteiger partial charge in [-0.3, -0.25) is 0 Å². The van der Waals surface area contributed by atoms with Crippen molar-refractivity contribution in [2.45, 2.75) is 12.8 Å². The summed E-state index contributed by atoms with van der Waals surface area (Å²) in [4.78, 5) is 0. The molecule has 0 saturated heterocycles. The quantitative estimate of drug-likeness (QED) is 0.770. The zero-order valence-corrected chi connectivity index (χ0v) is 8.48. The van der Waals surface area contributed by atoms with Crippen molar-refractivity contribution in [2.24, 2.45) is 0 Å². The summed E-state index contributed by atoms with van der Waals surface area (Å²) >= 11 is 3.00. The monoisotopic (exact) mass is 269 g/mol. The Morgan fingerprint density at radius 2 is 1.93 bits per heavy atom. The Balaban J connectivity index is 3.32. The lowest BCUT2D eigenvalue weighted by atomic mass is 10.1. The molecule has 0 saturated carbocycles. The van der Waals surface area contributed by atoms with Gasteiger partial charge in [0.1, 0.15) is 0 Å². The van der Waals surface area contributed by atoms with Gasteiger partial charge in [-0.2, -0.15) is 13.2 Å². The molecule has 0 aliphatic carbocycles. The molecule has 3 N–H and O–H groups in total. The first-order valence-electron chi connectivity index (χ1n) is 3.62. The Kier molecular flexibility index (Phi) is 3.06. The Bertz CT molecular complexity index is 351. The SMILES string of the molecule is Nc1cc(Br)c(CO)cc1C(F)(F)F. The Hall–Kier alpha value is -0.750. The molecule has 2 nitrogen and oxygen atoms in total. The van der Waals surface area contributed by atoms with Gasteiger partial charge >= 0.3 is 6.18 Å². The average Bonchev–Trinajstić information content (AvgIpc) is 2.02. The molecule has 0 atom stereocenters. The summed E-state index contributed by atoms with van der Waals surface area (Å²) in [6.07, 6.45) is -4.49. The van der Waals surface area contributed by atoms with Gasteiger partial charge in [-0.25, -0.2) is 0 Å². The van der Waals surface area contributed by atoms with Gasteiger partial charge in [-0.15, -0.1) is 0 Å². The highest BCUT2D eigenvalue weighted by Gasteiger charge is 2.33. The number of rotatable bonds is 1. The van der Waals surface area contributed by atoms with E-state index < -0.39 is 18.3 Å². The first-order valence-corrected chi connectivity index (χ1v) is 4.41. The smallest absolute Gasteiger partial charge is 0.398 e. The van der Waals surface area contributed by atoms with Crippen LogP contribution < -0.4 is 5.73 Å². The summed E-state index contributed by atoms with van der Waals surface area (Å²) in [5.74, 6) is 0. The van der Waals surface area contributed by atoms with Crippen molar-refractivity contribution < 1.29 is 18.3 Å². The van der Waals surface area contributed by atoms with Crippen LogP contribution in [0.5, 0.6) is 0 Å². The number of hydrogen-bond acceptors (Lipinski definition) is 2. The second-order valence-corrected chi connectivity index (χ2v) is 3.54. The van der Waals surface area contributed by atoms with Gasteiger partial charge in [0.2, 0.25) is 0 Å². The van der Waals surface area contributed by atoms with E-state index in [1.54, 1.807) is 0 Å². The summed E-state index contributed by atoms with van der Waals surface area (Å²) in [6, 6.07) is 1.97. The van der Waals surface area contributed by atoms with Crippen LogP contribution in [0.3, 0.4) is 0 Å². The molecule has 0 aromatic heterocycles. The van der Waals surface area contributed by atoms with Crippen LogP contribution in [0.15, 0.2) is 16.6 Å². The van der Waals surface area contributed by atoms with Gasteiger partial charge in [-0.05, 0) is 17.7 Å². The van der Waals surface area contributed by atoms with E-state index in [1.807, 2.05) is 0 Å².